The molecule has 0 radical (unpaired) electrons. The lowest BCUT2D eigenvalue weighted by molar-refractivity contribution is 0.0346. The zero-order valence-corrected chi connectivity index (χ0v) is 14.8. The molecule has 0 amide bonds. The maximum absolute atomic E-state index is 9.35. The Morgan fingerprint density at radius 2 is 2.00 bits per heavy atom. The summed E-state index contributed by atoms with van der Waals surface area (Å²) in [6.07, 6.45) is 0.828. The first kappa shape index (κ1) is 18.0. The van der Waals surface area contributed by atoms with Gasteiger partial charge in [-0.3, -0.25) is 9.80 Å². The maximum Gasteiger partial charge on any atom is 0.127 e. The van der Waals surface area contributed by atoms with E-state index in [2.05, 4.69) is 29.7 Å². The third-order valence-electron chi connectivity index (χ3n) is 4.63. The molecule has 23 heavy (non-hydrogen) atoms. The summed E-state index contributed by atoms with van der Waals surface area (Å²) in [7, 11) is 3.36. The van der Waals surface area contributed by atoms with Gasteiger partial charge in [-0.1, -0.05) is 6.07 Å². The van der Waals surface area contributed by atoms with Gasteiger partial charge in [0.05, 0.1) is 14.2 Å². The van der Waals surface area contributed by atoms with Crippen molar-refractivity contribution in [3.05, 3.63) is 23.8 Å². The second kappa shape index (κ2) is 8.52. The molecule has 2 rings (SSSR count). The van der Waals surface area contributed by atoms with E-state index >= 15 is 0 Å². The summed E-state index contributed by atoms with van der Waals surface area (Å²) in [4.78, 5) is 4.95. The normalized spacial score (nSPS) is 20.0. The summed E-state index contributed by atoms with van der Waals surface area (Å²) in [6, 6.07) is 6.92. The minimum absolute atomic E-state index is 0.244. The van der Waals surface area contributed by atoms with E-state index in [1.807, 2.05) is 12.1 Å². The highest BCUT2D eigenvalue weighted by Gasteiger charge is 2.28. The van der Waals surface area contributed by atoms with Crippen molar-refractivity contribution >= 4 is 0 Å². The second-order valence-corrected chi connectivity index (χ2v) is 6.41. The molecule has 5 heteroatoms. The number of methoxy groups -OCH3 is 2. The quantitative estimate of drug-likeness (QED) is 0.832. The van der Waals surface area contributed by atoms with Crippen molar-refractivity contribution in [2.75, 3.05) is 40.5 Å². The first-order chi connectivity index (χ1) is 11.1. The molecule has 1 saturated heterocycles. The van der Waals surface area contributed by atoms with E-state index in [1.165, 1.54) is 5.56 Å². The van der Waals surface area contributed by atoms with Crippen LogP contribution in [0.1, 0.15) is 25.8 Å². The van der Waals surface area contributed by atoms with Gasteiger partial charge < -0.3 is 14.6 Å². The lowest BCUT2D eigenvalue weighted by atomic mass is 10.1. The molecule has 0 saturated carbocycles. The monoisotopic (exact) mass is 322 g/mol. The van der Waals surface area contributed by atoms with Gasteiger partial charge in [0, 0.05) is 56.5 Å². The number of piperazine rings is 1. The highest BCUT2D eigenvalue weighted by Crippen LogP contribution is 2.27. The summed E-state index contributed by atoms with van der Waals surface area (Å²) in [6.45, 7) is 8.62. The van der Waals surface area contributed by atoms with Gasteiger partial charge in [-0.05, 0) is 26.3 Å². The smallest absolute Gasteiger partial charge is 0.127 e. The number of nitrogens with zero attached hydrogens (tertiary/aromatic N) is 2. The average Bonchev–Trinajstić information content (AvgIpc) is 2.55. The number of hydrogen-bond donors (Lipinski definition) is 1. The average molecular weight is 322 g/mol. The summed E-state index contributed by atoms with van der Waals surface area (Å²) in [5.74, 6) is 1.68. The number of aliphatic hydroxyl groups is 1. The molecule has 1 aliphatic heterocycles. The Morgan fingerprint density at radius 3 is 2.61 bits per heavy atom. The molecule has 0 bridgehead atoms. The summed E-state index contributed by atoms with van der Waals surface area (Å²) in [5.41, 5.74) is 1.18. The molecule has 0 spiro atoms. The van der Waals surface area contributed by atoms with E-state index in [0.29, 0.717) is 12.1 Å². The third kappa shape index (κ3) is 4.59. The Balaban J connectivity index is 2.06. The first-order valence-electron chi connectivity index (χ1n) is 8.39. The summed E-state index contributed by atoms with van der Waals surface area (Å²) >= 11 is 0. The molecule has 1 aromatic carbocycles. The highest BCUT2D eigenvalue weighted by atomic mass is 16.5. The van der Waals surface area contributed by atoms with Crippen molar-refractivity contribution in [1.82, 2.24) is 9.80 Å². The molecule has 1 heterocycles. The molecule has 0 aromatic heterocycles. The van der Waals surface area contributed by atoms with Crippen molar-refractivity contribution in [2.24, 2.45) is 0 Å². The van der Waals surface area contributed by atoms with Gasteiger partial charge in [-0.2, -0.15) is 0 Å². The van der Waals surface area contributed by atoms with Gasteiger partial charge in [0.1, 0.15) is 11.5 Å². The molecule has 0 aliphatic carbocycles. The predicted molar refractivity (Wildman–Crippen MR) is 92.2 cm³/mol. The van der Waals surface area contributed by atoms with E-state index in [1.54, 1.807) is 14.2 Å². The van der Waals surface area contributed by atoms with Crippen LogP contribution in [0.3, 0.4) is 0 Å². The van der Waals surface area contributed by atoms with Crippen molar-refractivity contribution < 1.29 is 14.6 Å². The molecule has 1 unspecified atom stereocenters. The molecular formula is C18H30N2O3. The number of benzene rings is 1. The van der Waals surface area contributed by atoms with Crippen LogP contribution in [0, 0.1) is 0 Å². The molecule has 130 valence electrons. The molecule has 1 aliphatic rings. The molecule has 1 N–H and O–H groups in total. The minimum atomic E-state index is 0.244. The van der Waals surface area contributed by atoms with Crippen molar-refractivity contribution in [3.63, 3.8) is 0 Å². The van der Waals surface area contributed by atoms with Crippen LogP contribution in [0.2, 0.25) is 0 Å². The standard InChI is InChI=1S/C18H30N2O3/c1-14(2)20-9-8-19(13-16(20)7-10-21)12-15-5-6-17(22-3)11-18(15)23-4/h5-6,11,14,16,21H,7-10,12-13H2,1-4H3. The SMILES string of the molecule is COc1ccc(CN2CCN(C(C)C)C(CCO)C2)c(OC)c1. The van der Waals surface area contributed by atoms with Crippen LogP contribution in [-0.4, -0.2) is 67.5 Å². The molecule has 1 atom stereocenters. The van der Waals surface area contributed by atoms with E-state index in [9.17, 15) is 5.11 Å². The summed E-state index contributed by atoms with van der Waals surface area (Å²) < 4.78 is 10.8. The van der Waals surface area contributed by atoms with Crippen LogP contribution < -0.4 is 9.47 Å². The van der Waals surface area contributed by atoms with Gasteiger partial charge in [-0.15, -0.1) is 0 Å². The van der Waals surface area contributed by atoms with Crippen molar-refractivity contribution in [2.45, 2.75) is 38.9 Å². The van der Waals surface area contributed by atoms with Gasteiger partial charge in [0.2, 0.25) is 0 Å². The Labute approximate surface area is 139 Å². The number of ether oxygens (including phenoxy) is 2. The van der Waals surface area contributed by atoms with Crippen LogP contribution in [0.5, 0.6) is 11.5 Å². The van der Waals surface area contributed by atoms with Crippen LogP contribution in [0.4, 0.5) is 0 Å². The fourth-order valence-electron chi connectivity index (χ4n) is 3.39. The zero-order valence-electron chi connectivity index (χ0n) is 14.8. The van der Waals surface area contributed by atoms with Crippen LogP contribution in [0.25, 0.3) is 0 Å². The van der Waals surface area contributed by atoms with Crippen molar-refractivity contribution in [1.29, 1.82) is 0 Å². The zero-order chi connectivity index (χ0) is 16.8. The third-order valence-corrected chi connectivity index (χ3v) is 4.63. The molecular weight excluding hydrogens is 292 g/mol. The van der Waals surface area contributed by atoms with E-state index < -0.39 is 0 Å². The second-order valence-electron chi connectivity index (χ2n) is 6.41. The Hall–Kier alpha value is -1.30. The number of hydrogen-bond acceptors (Lipinski definition) is 5. The molecule has 1 aromatic rings. The molecule has 1 fully saturated rings. The van der Waals surface area contributed by atoms with Gasteiger partial charge in [0.25, 0.3) is 0 Å². The van der Waals surface area contributed by atoms with Gasteiger partial charge >= 0.3 is 0 Å². The first-order valence-corrected chi connectivity index (χ1v) is 8.39. The lowest BCUT2D eigenvalue weighted by Crippen LogP contribution is -2.55. The van der Waals surface area contributed by atoms with Crippen LogP contribution >= 0.6 is 0 Å². The van der Waals surface area contributed by atoms with E-state index in [4.69, 9.17) is 9.47 Å². The topological polar surface area (TPSA) is 45.2 Å². The van der Waals surface area contributed by atoms with Crippen LogP contribution in [-0.2, 0) is 6.54 Å². The highest BCUT2D eigenvalue weighted by molar-refractivity contribution is 5.40. The van der Waals surface area contributed by atoms with E-state index in [0.717, 1.165) is 44.1 Å². The van der Waals surface area contributed by atoms with Crippen molar-refractivity contribution in [3.8, 4) is 11.5 Å². The number of aliphatic hydroxyl groups excluding tert-OH is 1. The molecule has 5 nitrogen and oxygen atoms in total. The summed E-state index contributed by atoms with van der Waals surface area (Å²) in [5, 5.41) is 9.35. The largest absolute Gasteiger partial charge is 0.497 e. The van der Waals surface area contributed by atoms with E-state index in [-0.39, 0.29) is 6.61 Å². The van der Waals surface area contributed by atoms with Gasteiger partial charge in [0.15, 0.2) is 0 Å². The number of rotatable bonds is 7. The van der Waals surface area contributed by atoms with Crippen LogP contribution in [0.15, 0.2) is 18.2 Å². The maximum atomic E-state index is 9.35. The predicted octanol–water partition coefficient (Wildman–Crippen LogP) is 1.98. The lowest BCUT2D eigenvalue weighted by Gasteiger charge is -2.43. The Bertz CT molecular complexity index is 493. The Kier molecular flexibility index (Phi) is 6.69. The Morgan fingerprint density at radius 1 is 1.22 bits per heavy atom. The fraction of sp³-hybridized carbons (Fsp3) is 0.667. The van der Waals surface area contributed by atoms with Gasteiger partial charge in [-0.25, -0.2) is 0 Å². The minimum Gasteiger partial charge on any atom is -0.497 e. The fourth-order valence-corrected chi connectivity index (χ4v) is 3.39.